The maximum atomic E-state index is 13.1. The molecule has 0 aliphatic heterocycles. The van der Waals surface area contributed by atoms with Gasteiger partial charge in [0.2, 0.25) is 5.75 Å². The first-order chi connectivity index (χ1) is 13.7. The molecule has 0 bridgehead atoms. The van der Waals surface area contributed by atoms with Gasteiger partial charge in [-0.2, -0.15) is 0 Å². The van der Waals surface area contributed by atoms with Gasteiger partial charge in [0.15, 0.2) is 11.5 Å². The molecule has 144 valence electrons. The van der Waals surface area contributed by atoms with Crippen molar-refractivity contribution in [3.05, 3.63) is 83.7 Å². The van der Waals surface area contributed by atoms with Crippen molar-refractivity contribution in [2.24, 2.45) is 0 Å². The predicted octanol–water partition coefficient (Wildman–Crippen LogP) is 3.63. The molecule has 6 heteroatoms. The van der Waals surface area contributed by atoms with Gasteiger partial charge in [-0.15, -0.1) is 0 Å². The highest BCUT2D eigenvalue weighted by Gasteiger charge is 2.21. The van der Waals surface area contributed by atoms with E-state index in [0.29, 0.717) is 22.8 Å². The van der Waals surface area contributed by atoms with Gasteiger partial charge in [0.1, 0.15) is 0 Å². The van der Waals surface area contributed by atoms with Crippen LogP contribution in [0.5, 0.6) is 17.2 Å². The van der Waals surface area contributed by atoms with Gasteiger partial charge in [0.25, 0.3) is 5.91 Å². The van der Waals surface area contributed by atoms with Crippen molar-refractivity contribution in [3.8, 4) is 17.2 Å². The third-order valence-corrected chi connectivity index (χ3v) is 4.37. The lowest BCUT2D eigenvalue weighted by Crippen LogP contribution is -2.29. The number of carbonyl (C=O) groups excluding carboxylic acids is 1. The molecule has 1 atom stereocenters. The first-order valence-corrected chi connectivity index (χ1v) is 8.73. The molecule has 0 unspecified atom stereocenters. The van der Waals surface area contributed by atoms with E-state index in [9.17, 15) is 4.79 Å². The van der Waals surface area contributed by atoms with Gasteiger partial charge in [-0.3, -0.25) is 9.78 Å². The number of hydrogen-bond acceptors (Lipinski definition) is 5. The lowest BCUT2D eigenvalue weighted by Gasteiger charge is -2.20. The van der Waals surface area contributed by atoms with Crippen molar-refractivity contribution < 1.29 is 19.0 Å². The van der Waals surface area contributed by atoms with E-state index in [4.69, 9.17) is 14.2 Å². The van der Waals surface area contributed by atoms with Gasteiger partial charge in [0.05, 0.1) is 27.4 Å². The van der Waals surface area contributed by atoms with Crippen molar-refractivity contribution >= 4 is 5.91 Å². The highest BCUT2D eigenvalue weighted by molar-refractivity contribution is 5.96. The van der Waals surface area contributed by atoms with Crippen molar-refractivity contribution in [2.45, 2.75) is 6.04 Å². The van der Waals surface area contributed by atoms with E-state index >= 15 is 0 Å². The van der Waals surface area contributed by atoms with E-state index < -0.39 is 0 Å². The van der Waals surface area contributed by atoms with E-state index in [0.717, 1.165) is 11.1 Å². The largest absolute Gasteiger partial charge is 0.493 e. The number of rotatable bonds is 7. The van der Waals surface area contributed by atoms with Crippen LogP contribution in [-0.4, -0.2) is 32.2 Å². The summed E-state index contributed by atoms with van der Waals surface area (Å²) in [6.45, 7) is 0. The van der Waals surface area contributed by atoms with E-state index in [1.54, 1.807) is 24.5 Å². The van der Waals surface area contributed by atoms with Crippen LogP contribution in [0.25, 0.3) is 0 Å². The van der Waals surface area contributed by atoms with Crippen LogP contribution in [0.2, 0.25) is 0 Å². The third kappa shape index (κ3) is 4.06. The standard InChI is InChI=1S/C22H22N2O4/c1-26-18-13-17(14-19(27-2)21(18)28-3)22(25)24-20(15-7-5-4-6-8-15)16-9-11-23-12-10-16/h4-14,20H,1-3H3,(H,24,25)/t20-/m0/s1. The zero-order chi connectivity index (χ0) is 19.9. The van der Waals surface area contributed by atoms with Crippen LogP contribution in [0, 0.1) is 0 Å². The predicted molar refractivity (Wildman–Crippen MR) is 106 cm³/mol. The molecule has 1 aromatic heterocycles. The molecular weight excluding hydrogens is 356 g/mol. The van der Waals surface area contributed by atoms with E-state index in [1.807, 2.05) is 42.5 Å². The summed E-state index contributed by atoms with van der Waals surface area (Å²) >= 11 is 0. The van der Waals surface area contributed by atoms with E-state index in [1.165, 1.54) is 21.3 Å². The molecule has 0 saturated carbocycles. The Balaban J connectivity index is 1.97. The van der Waals surface area contributed by atoms with Crippen molar-refractivity contribution in [1.82, 2.24) is 10.3 Å². The molecule has 0 saturated heterocycles. The molecule has 1 heterocycles. The molecule has 3 rings (SSSR count). The van der Waals surface area contributed by atoms with Crippen molar-refractivity contribution in [3.63, 3.8) is 0 Å². The van der Waals surface area contributed by atoms with Gasteiger partial charge in [-0.25, -0.2) is 0 Å². The Kier molecular flexibility index (Phi) is 6.11. The molecule has 1 amide bonds. The topological polar surface area (TPSA) is 69.7 Å². The van der Waals surface area contributed by atoms with Crippen LogP contribution in [-0.2, 0) is 0 Å². The third-order valence-electron chi connectivity index (χ3n) is 4.37. The summed E-state index contributed by atoms with van der Waals surface area (Å²) in [5, 5.41) is 3.09. The molecule has 28 heavy (non-hydrogen) atoms. The Bertz CT molecular complexity index is 865. The van der Waals surface area contributed by atoms with Gasteiger partial charge < -0.3 is 19.5 Å². The summed E-state index contributed by atoms with van der Waals surface area (Å²) < 4.78 is 16.0. The monoisotopic (exact) mass is 378 g/mol. The second-order valence-electron chi connectivity index (χ2n) is 6.01. The van der Waals surface area contributed by atoms with Crippen LogP contribution >= 0.6 is 0 Å². The smallest absolute Gasteiger partial charge is 0.252 e. The van der Waals surface area contributed by atoms with Crippen LogP contribution in [0.1, 0.15) is 27.5 Å². The number of hydrogen-bond donors (Lipinski definition) is 1. The lowest BCUT2D eigenvalue weighted by molar-refractivity contribution is 0.0942. The Hall–Kier alpha value is -3.54. The van der Waals surface area contributed by atoms with E-state index in [2.05, 4.69) is 10.3 Å². The maximum absolute atomic E-state index is 13.1. The molecule has 0 spiro atoms. The summed E-state index contributed by atoms with van der Waals surface area (Å²) in [6.07, 6.45) is 3.41. The fourth-order valence-corrected chi connectivity index (χ4v) is 2.99. The van der Waals surface area contributed by atoms with Gasteiger partial charge >= 0.3 is 0 Å². The van der Waals surface area contributed by atoms with Crippen molar-refractivity contribution in [2.75, 3.05) is 21.3 Å². The second kappa shape index (κ2) is 8.90. The van der Waals surface area contributed by atoms with Crippen LogP contribution in [0.15, 0.2) is 67.0 Å². The summed E-state index contributed by atoms with van der Waals surface area (Å²) in [6, 6.07) is 16.5. The van der Waals surface area contributed by atoms with E-state index in [-0.39, 0.29) is 11.9 Å². The Morgan fingerprint density at radius 2 is 1.43 bits per heavy atom. The minimum Gasteiger partial charge on any atom is -0.493 e. The molecule has 0 radical (unpaired) electrons. The maximum Gasteiger partial charge on any atom is 0.252 e. The van der Waals surface area contributed by atoms with Crippen LogP contribution in [0.3, 0.4) is 0 Å². The number of benzene rings is 2. The average molecular weight is 378 g/mol. The molecule has 3 aromatic rings. The average Bonchev–Trinajstić information content (AvgIpc) is 2.77. The molecular formula is C22H22N2O4. The summed E-state index contributed by atoms with van der Waals surface area (Å²) in [5.74, 6) is 1.03. The highest BCUT2D eigenvalue weighted by Crippen LogP contribution is 2.38. The Labute approximate surface area is 164 Å². The number of nitrogens with zero attached hydrogens (tertiary/aromatic N) is 1. The Morgan fingerprint density at radius 3 is 1.96 bits per heavy atom. The number of methoxy groups -OCH3 is 3. The zero-order valence-corrected chi connectivity index (χ0v) is 16.0. The first kappa shape index (κ1) is 19.2. The number of nitrogens with one attached hydrogen (secondary N) is 1. The Morgan fingerprint density at radius 1 is 0.857 bits per heavy atom. The van der Waals surface area contributed by atoms with Crippen molar-refractivity contribution in [1.29, 1.82) is 0 Å². The van der Waals surface area contributed by atoms with Gasteiger partial charge in [-0.1, -0.05) is 30.3 Å². The first-order valence-electron chi connectivity index (χ1n) is 8.73. The lowest BCUT2D eigenvalue weighted by atomic mass is 9.99. The summed E-state index contributed by atoms with van der Waals surface area (Å²) in [7, 11) is 4.56. The number of aromatic nitrogens is 1. The molecule has 0 aliphatic rings. The SMILES string of the molecule is COc1cc(C(=O)N[C@@H](c2ccccc2)c2ccncc2)cc(OC)c1OC. The molecule has 0 fully saturated rings. The number of amides is 1. The quantitative estimate of drug-likeness (QED) is 0.680. The fourth-order valence-electron chi connectivity index (χ4n) is 2.99. The highest BCUT2D eigenvalue weighted by atomic mass is 16.5. The minimum atomic E-state index is -0.323. The zero-order valence-electron chi connectivity index (χ0n) is 16.0. The molecule has 2 aromatic carbocycles. The van der Waals surface area contributed by atoms with Crippen LogP contribution < -0.4 is 19.5 Å². The number of pyridine rings is 1. The normalized spacial score (nSPS) is 11.4. The summed E-state index contributed by atoms with van der Waals surface area (Å²) in [4.78, 5) is 17.1. The number of ether oxygens (including phenoxy) is 3. The molecule has 1 N–H and O–H groups in total. The number of carbonyl (C=O) groups is 1. The van der Waals surface area contributed by atoms with Gasteiger partial charge in [0, 0.05) is 18.0 Å². The minimum absolute atomic E-state index is 0.259. The van der Waals surface area contributed by atoms with Crippen LogP contribution in [0.4, 0.5) is 0 Å². The fraction of sp³-hybridized carbons (Fsp3) is 0.182. The second-order valence-corrected chi connectivity index (χ2v) is 6.01. The summed E-state index contributed by atoms with van der Waals surface area (Å²) in [5.41, 5.74) is 2.31. The van der Waals surface area contributed by atoms with Gasteiger partial charge in [-0.05, 0) is 35.4 Å². The molecule has 0 aliphatic carbocycles. The molecule has 6 nitrogen and oxygen atoms in total.